The number of fused-ring (bicyclic) bond motifs is 6. The highest BCUT2D eigenvalue weighted by atomic mass is 16.7. The van der Waals surface area contributed by atoms with Crippen LogP contribution in [0.2, 0.25) is 0 Å². The monoisotopic (exact) mass is 348 g/mol. The molecule has 3 heteroatoms. The summed E-state index contributed by atoms with van der Waals surface area (Å²) in [6.45, 7) is 8.58. The maximum Gasteiger partial charge on any atom is 0.174 e. The predicted molar refractivity (Wildman–Crippen MR) is 96.9 cm³/mol. The lowest BCUT2D eigenvalue weighted by Crippen LogP contribution is -2.56. The quantitative estimate of drug-likeness (QED) is 0.706. The Labute approximate surface area is 152 Å². The molecule has 8 atom stereocenters. The number of hydrogen-bond acceptors (Lipinski definition) is 3. The zero-order valence-corrected chi connectivity index (χ0v) is 16.3. The third kappa shape index (κ3) is 2.28. The van der Waals surface area contributed by atoms with Crippen molar-refractivity contribution < 1.29 is 14.6 Å². The number of rotatable bonds is 0. The highest BCUT2D eigenvalue weighted by molar-refractivity contribution is 5.11. The summed E-state index contributed by atoms with van der Waals surface area (Å²) < 4.78 is 12.5. The summed E-state index contributed by atoms with van der Waals surface area (Å²) in [7, 11) is 0. The van der Waals surface area contributed by atoms with Crippen LogP contribution in [0.25, 0.3) is 0 Å². The maximum atomic E-state index is 10.6. The lowest BCUT2D eigenvalue weighted by molar-refractivity contribution is -0.245. The average molecular weight is 349 g/mol. The minimum atomic E-state index is -0.422. The van der Waals surface area contributed by atoms with Gasteiger partial charge in [-0.1, -0.05) is 13.8 Å². The Morgan fingerprint density at radius 2 is 1.52 bits per heavy atom. The second kappa shape index (κ2) is 5.45. The molecule has 1 N–H and O–H groups in total. The molecule has 0 amide bonds. The maximum absolute atomic E-state index is 10.6. The van der Waals surface area contributed by atoms with Crippen molar-refractivity contribution in [1.29, 1.82) is 0 Å². The van der Waals surface area contributed by atoms with Gasteiger partial charge in [-0.15, -0.1) is 0 Å². The third-order valence-corrected chi connectivity index (χ3v) is 9.46. The Kier molecular flexibility index (Phi) is 3.71. The molecule has 3 nitrogen and oxygen atoms in total. The zero-order chi connectivity index (χ0) is 17.4. The van der Waals surface area contributed by atoms with E-state index >= 15 is 0 Å². The van der Waals surface area contributed by atoms with E-state index in [-0.39, 0.29) is 11.2 Å². The second-order valence-electron chi connectivity index (χ2n) is 10.7. The Morgan fingerprint density at radius 3 is 2.28 bits per heavy atom. The molecule has 0 aromatic heterocycles. The second-order valence-corrected chi connectivity index (χ2v) is 10.7. The molecular weight excluding hydrogens is 312 g/mol. The van der Waals surface area contributed by atoms with Gasteiger partial charge in [0.05, 0.1) is 18.8 Å². The standard InChI is InChI=1S/C22H36O3/c1-14-12-17-15(16-4-7-20(2,23)13-18(14)16)5-8-21(3)19(17)6-9-22(21)24-10-11-25-22/h14-19,23H,4-13H2,1-3H3/t14-,15-,16-,17-,18-,19+,20?,21+/m1/s1. The lowest BCUT2D eigenvalue weighted by Gasteiger charge is -2.59. The van der Waals surface area contributed by atoms with Crippen molar-refractivity contribution in [2.45, 2.75) is 83.5 Å². The van der Waals surface area contributed by atoms with Crippen LogP contribution in [0.3, 0.4) is 0 Å². The van der Waals surface area contributed by atoms with Crippen molar-refractivity contribution in [3.05, 3.63) is 0 Å². The molecule has 0 bridgehead atoms. The van der Waals surface area contributed by atoms with Crippen molar-refractivity contribution in [3.8, 4) is 0 Å². The van der Waals surface area contributed by atoms with Crippen LogP contribution in [0.5, 0.6) is 0 Å². The molecule has 0 radical (unpaired) electrons. The summed E-state index contributed by atoms with van der Waals surface area (Å²) in [5, 5.41) is 10.6. The van der Waals surface area contributed by atoms with Gasteiger partial charge in [-0.3, -0.25) is 0 Å². The van der Waals surface area contributed by atoms with E-state index < -0.39 is 5.60 Å². The fraction of sp³-hybridized carbons (Fsp3) is 1.00. The minimum Gasteiger partial charge on any atom is -0.390 e. The van der Waals surface area contributed by atoms with Gasteiger partial charge >= 0.3 is 0 Å². The summed E-state index contributed by atoms with van der Waals surface area (Å²) in [6, 6.07) is 0. The fourth-order valence-corrected chi connectivity index (χ4v) is 8.28. The Hall–Kier alpha value is -0.120. The van der Waals surface area contributed by atoms with Gasteiger partial charge in [0.2, 0.25) is 0 Å². The highest BCUT2D eigenvalue weighted by Gasteiger charge is 2.66. The first kappa shape index (κ1) is 17.0. The molecule has 5 aliphatic rings. The van der Waals surface area contributed by atoms with E-state index in [1.165, 1.54) is 32.1 Å². The van der Waals surface area contributed by atoms with Crippen LogP contribution in [0, 0.1) is 40.9 Å². The zero-order valence-electron chi connectivity index (χ0n) is 16.3. The largest absolute Gasteiger partial charge is 0.390 e. The molecular formula is C22H36O3. The normalized spacial score (nSPS) is 57.1. The Balaban J connectivity index is 1.43. The Bertz CT molecular complexity index is 537. The molecule has 5 fully saturated rings. The third-order valence-electron chi connectivity index (χ3n) is 9.46. The smallest absolute Gasteiger partial charge is 0.174 e. The average Bonchev–Trinajstić information content (AvgIpc) is 3.15. The summed E-state index contributed by atoms with van der Waals surface area (Å²) in [4.78, 5) is 0. The highest BCUT2D eigenvalue weighted by Crippen LogP contribution is 2.67. The molecule has 25 heavy (non-hydrogen) atoms. The van der Waals surface area contributed by atoms with Crippen molar-refractivity contribution in [3.63, 3.8) is 0 Å². The van der Waals surface area contributed by atoms with E-state index in [1.54, 1.807) is 0 Å². The van der Waals surface area contributed by atoms with Crippen LogP contribution in [0.1, 0.15) is 72.1 Å². The summed E-state index contributed by atoms with van der Waals surface area (Å²) in [5.41, 5.74) is -0.203. The molecule has 1 heterocycles. The Morgan fingerprint density at radius 1 is 0.840 bits per heavy atom. The van der Waals surface area contributed by atoms with E-state index in [9.17, 15) is 5.11 Å². The molecule has 0 aromatic rings. The topological polar surface area (TPSA) is 38.7 Å². The van der Waals surface area contributed by atoms with E-state index in [1.807, 2.05) is 0 Å². The summed E-state index contributed by atoms with van der Waals surface area (Å²) in [6.07, 6.45) is 9.65. The lowest BCUT2D eigenvalue weighted by atomic mass is 9.47. The SMILES string of the molecule is C[C@@H]1C[C@@H]2[C@H](CC[C@@]3(C)[C@H]2CCC32OCCO2)[C@H]2CCC(C)(O)C[C@@H]21. The number of aliphatic hydroxyl groups is 1. The minimum absolute atomic E-state index is 0.220. The molecule has 1 unspecified atom stereocenters. The van der Waals surface area contributed by atoms with Crippen molar-refractivity contribution in [2.24, 2.45) is 40.9 Å². The number of hydrogen-bond donors (Lipinski definition) is 1. The summed E-state index contributed by atoms with van der Waals surface area (Å²) >= 11 is 0. The predicted octanol–water partition coefficient (Wildman–Crippen LogP) is 4.38. The molecule has 5 rings (SSSR count). The molecule has 4 aliphatic carbocycles. The van der Waals surface area contributed by atoms with Crippen LogP contribution in [-0.2, 0) is 9.47 Å². The van der Waals surface area contributed by atoms with E-state index in [2.05, 4.69) is 20.8 Å². The molecule has 4 saturated carbocycles. The molecule has 1 aliphatic heterocycles. The first-order chi connectivity index (χ1) is 11.9. The molecule has 0 aromatic carbocycles. The van der Waals surface area contributed by atoms with Crippen LogP contribution < -0.4 is 0 Å². The van der Waals surface area contributed by atoms with Gasteiger partial charge in [0, 0.05) is 11.8 Å². The van der Waals surface area contributed by atoms with Gasteiger partial charge in [0.25, 0.3) is 0 Å². The van der Waals surface area contributed by atoms with Crippen LogP contribution >= 0.6 is 0 Å². The van der Waals surface area contributed by atoms with Crippen LogP contribution in [0.15, 0.2) is 0 Å². The van der Waals surface area contributed by atoms with Gasteiger partial charge in [-0.05, 0) is 87.4 Å². The molecule has 142 valence electrons. The van der Waals surface area contributed by atoms with Gasteiger partial charge < -0.3 is 14.6 Å². The first-order valence-corrected chi connectivity index (χ1v) is 10.9. The van der Waals surface area contributed by atoms with E-state index in [4.69, 9.17) is 9.47 Å². The van der Waals surface area contributed by atoms with Crippen LogP contribution in [-0.4, -0.2) is 29.7 Å². The van der Waals surface area contributed by atoms with Crippen molar-refractivity contribution >= 4 is 0 Å². The van der Waals surface area contributed by atoms with Gasteiger partial charge in [-0.25, -0.2) is 0 Å². The van der Waals surface area contributed by atoms with Crippen molar-refractivity contribution in [2.75, 3.05) is 13.2 Å². The summed E-state index contributed by atoms with van der Waals surface area (Å²) in [5.74, 6) is 4.58. The number of ether oxygens (including phenoxy) is 2. The van der Waals surface area contributed by atoms with Crippen LogP contribution in [0.4, 0.5) is 0 Å². The molecule has 1 saturated heterocycles. The van der Waals surface area contributed by atoms with Crippen molar-refractivity contribution in [1.82, 2.24) is 0 Å². The van der Waals surface area contributed by atoms with Gasteiger partial charge in [0.1, 0.15) is 0 Å². The van der Waals surface area contributed by atoms with Gasteiger partial charge in [-0.2, -0.15) is 0 Å². The van der Waals surface area contributed by atoms with Gasteiger partial charge in [0.15, 0.2) is 5.79 Å². The van der Waals surface area contributed by atoms with E-state index in [0.29, 0.717) is 0 Å². The fourth-order valence-electron chi connectivity index (χ4n) is 8.28. The molecule has 1 spiro atoms. The van der Waals surface area contributed by atoms with E-state index in [0.717, 1.165) is 68.0 Å². The first-order valence-electron chi connectivity index (χ1n) is 10.9.